The maximum absolute atomic E-state index is 6.08. The molecule has 8 heteroatoms. The smallest absolute Gasteiger partial charge is 0.192 e. The molecule has 0 saturated heterocycles. The molecule has 29 heavy (non-hydrogen) atoms. The van der Waals surface area contributed by atoms with Gasteiger partial charge < -0.3 is 14.2 Å². The van der Waals surface area contributed by atoms with Crippen LogP contribution in [-0.4, -0.2) is 33.7 Å². The maximum atomic E-state index is 6.08. The lowest BCUT2D eigenvalue weighted by molar-refractivity contribution is 0.0821. The minimum absolute atomic E-state index is 0.322. The minimum Gasteiger partial charge on any atom is -0.493 e. The molecule has 0 radical (unpaired) electrons. The first kappa shape index (κ1) is 19.7. The molecule has 0 amide bonds. The summed E-state index contributed by atoms with van der Waals surface area (Å²) in [7, 11) is 0. The fourth-order valence-corrected chi connectivity index (χ4v) is 3.81. The molecule has 6 nitrogen and oxygen atoms in total. The summed E-state index contributed by atoms with van der Waals surface area (Å²) in [5.74, 6) is 3.69. The van der Waals surface area contributed by atoms with Crippen LogP contribution in [0.2, 0.25) is 5.02 Å². The van der Waals surface area contributed by atoms with Crippen molar-refractivity contribution in [2.45, 2.75) is 17.8 Å². The van der Waals surface area contributed by atoms with Crippen LogP contribution < -0.4 is 14.2 Å². The lowest BCUT2D eigenvalue weighted by Crippen LogP contribution is -2.25. The molecule has 0 bridgehead atoms. The summed E-state index contributed by atoms with van der Waals surface area (Å²) in [5, 5.41) is 10.2. The van der Waals surface area contributed by atoms with Crippen molar-refractivity contribution in [1.82, 2.24) is 14.8 Å². The molecule has 0 spiro atoms. The molecule has 1 aliphatic rings. The SMILES string of the molecule is C=CCn1c(SCCOc2ccc(Cl)cc2)nnc1C1COc2ccccc2O1. The van der Waals surface area contributed by atoms with Crippen LogP contribution in [0.3, 0.4) is 0 Å². The number of allylic oxidation sites excluding steroid dienone is 1. The van der Waals surface area contributed by atoms with E-state index in [2.05, 4.69) is 16.8 Å². The van der Waals surface area contributed by atoms with Crippen LogP contribution in [0.15, 0.2) is 66.3 Å². The van der Waals surface area contributed by atoms with Crippen molar-refractivity contribution >= 4 is 23.4 Å². The molecule has 2 heterocycles. The predicted molar refractivity (Wildman–Crippen MR) is 113 cm³/mol. The summed E-state index contributed by atoms with van der Waals surface area (Å²) in [6, 6.07) is 14.9. The van der Waals surface area contributed by atoms with Gasteiger partial charge in [0.1, 0.15) is 12.4 Å². The zero-order valence-electron chi connectivity index (χ0n) is 15.7. The first-order chi connectivity index (χ1) is 14.2. The number of fused-ring (bicyclic) bond motifs is 1. The van der Waals surface area contributed by atoms with E-state index in [1.807, 2.05) is 47.0 Å². The normalized spacial score (nSPS) is 15.1. The Balaban J connectivity index is 1.40. The van der Waals surface area contributed by atoms with E-state index < -0.39 is 0 Å². The summed E-state index contributed by atoms with van der Waals surface area (Å²) in [6.07, 6.45) is 1.50. The Hall–Kier alpha value is -2.64. The third kappa shape index (κ3) is 4.68. The van der Waals surface area contributed by atoms with Crippen LogP contribution >= 0.6 is 23.4 Å². The van der Waals surface area contributed by atoms with Gasteiger partial charge in [0, 0.05) is 17.3 Å². The maximum Gasteiger partial charge on any atom is 0.192 e. The zero-order valence-corrected chi connectivity index (χ0v) is 17.2. The molecular weight excluding hydrogens is 410 g/mol. The molecule has 1 aliphatic heterocycles. The first-order valence-corrected chi connectivity index (χ1v) is 10.5. The van der Waals surface area contributed by atoms with Crippen molar-refractivity contribution in [3.63, 3.8) is 0 Å². The van der Waals surface area contributed by atoms with E-state index in [4.69, 9.17) is 25.8 Å². The Morgan fingerprint density at radius 2 is 1.97 bits per heavy atom. The van der Waals surface area contributed by atoms with E-state index in [1.54, 1.807) is 23.9 Å². The third-order valence-electron chi connectivity index (χ3n) is 4.25. The zero-order chi connectivity index (χ0) is 20.1. The van der Waals surface area contributed by atoms with Gasteiger partial charge in [-0.25, -0.2) is 0 Å². The number of halogens is 1. The number of aromatic nitrogens is 3. The highest BCUT2D eigenvalue weighted by molar-refractivity contribution is 7.99. The Morgan fingerprint density at radius 3 is 2.76 bits per heavy atom. The van der Waals surface area contributed by atoms with Crippen LogP contribution in [0.5, 0.6) is 17.2 Å². The average molecular weight is 430 g/mol. The molecule has 4 rings (SSSR count). The van der Waals surface area contributed by atoms with E-state index >= 15 is 0 Å². The highest BCUT2D eigenvalue weighted by Gasteiger charge is 2.28. The van der Waals surface area contributed by atoms with E-state index in [1.165, 1.54) is 0 Å². The van der Waals surface area contributed by atoms with E-state index in [0.29, 0.717) is 30.5 Å². The Morgan fingerprint density at radius 1 is 1.17 bits per heavy atom. The fraction of sp³-hybridized carbons (Fsp3) is 0.238. The van der Waals surface area contributed by atoms with Crippen molar-refractivity contribution in [2.24, 2.45) is 0 Å². The van der Waals surface area contributed by atoms with Crippen LogP contribution in [0.1, 0.15) is 11.9 Å². The molecule has 0 fully saturated rings. The van der Waals surface area contributed by atoms with Crippen molar-refractivity contribution in [2.75, 3.05) is 19.0 Å². The topological polar surface area (TPSA) is 58.4 Å². The van der Waals surface area contributed by atoms with Gasteiger partial charge in [0.15, 0.2) is 28.6 Å². The summed E-state index contributed by atoms with van der Waals surface area (Å²) in [5.41, 5.74) is 0. The Kier molecular flexibility index (Phi) is 6.27. The molecule has 2 aromatic carbocycles. The van der Waals surface area contributed by atoms with Crippen molar-refractivity contribution < 1.29 is 14.2 Å². The van der Waals surface area contributed by atoms with Gasteiger partial charge in [0.25, 0.3) is 0 Å². The second kappa shape index (κ2) is 9.24. The molecule has 1 unspecified atom stereocenters. The first-order valence-electron chi connectivity index (χ1n) is 9.18. The quantitative estimate of drug-likeness (QED) is 0.291. The molecule has 0 N–H and O–H groups in total. The standard InChI is InChI=1S/C21H20ClN3O3S/c1-2-11-25-20(19-14-27-17-5-3-4-6-18(17)28-19)23-24-21(25)29-13-12-26-16-9-7-15(22)8-10-16/h2-10,19H,1,11-14H2. The monoisotopic (exact) mass is 429 g/mol. The van der Waals surface area contributed by atoms with Crippen LogP contribution in [0, 0.1) is 0 Å². The third-order valence-corrected chi connectivity index (χ3v) is 5.43. The van der Waals surface area contributed by atoms with Gasteiger partial charge in [0.05, 0.1) is 6.61 Å². The van der Waals surface area contributed by atoms with Gasteiger partial charge in [-0.15, -0.1) is 16.8 Å². The summed E-state index contributed by atoms with van der Waals surface area (Å²) in [4.78, 5) is 0. The number of benzene rings is 2. The average Bonchev–Trinajstić information content (AvgIpc) is 3.15. The van der Waals surface area contributed by atoms with Gasteiger partial charge in [-0.2, -0.15) is 0 Å². The fourth-order valence-electron chi connectivity index (χ4n) is 2.92. The van der Waals surface area contributed by atoms with Gasteiger partial charge in [-0.3, -0.25) is 4.57 Å². The van der Waals surface area contributed by atoms with Gasteiger partial charge >= 0.3 is 0 Å². The summed E-state index contributed by atoms with van der Waals surface area (Å²) in [6.45, 7) is 5.36. The number of hydrogen-bond acceptors (Lipinski definition) is 6. The Bertz CT molecular complexity index is 978. The molecule has 150 valence electrons. The molecule has 3 aromatic rings. The van der Waals surface area contributed by atoms with E-state index in [-0.39, 0.29) is 6.10 Å². The van der Waals surface area contributed by atoms with E-state index in [0.717, 1.165) is 28.2 Å². The molecule has 1 aromatic heterocycles. The van der Waals surface area contributed by atoms with Crippen LogP contribution in [0.4, 0.5) is 0 Å². The van der Waals surface area contributed by atoms with Gasteiger partial charge in [0.2, 0.25) is 0 Å². The Labute approximate surface area is 178 Å². The molecule has 0 saturated carbocycles. The number of rotatable bonds is 8. The van der Waals surface area contributed by atoms with Crippen molar-refractivity contribution in [1.29, 1.82) is 0 Å². The molecule has 0 aliphatic carbocycles. The van der Waals surface area contributed by atoms with Crippen molar-refractivity contribution in [3.05, 3.63) is 72.0 Å². The van der Waals surface area contributed by atoms with E-state index in [9.17, 15) is 0 Å². The number of ether oxygens (including phenoxy) is 3. The number of hydrogen-bond donors (Lipinski definition) is 0. The van der Waals surface area contributed by atoms with Gasteiger partial charge in [-0.05, 0) is 36.4 Å². The highest BCUT2D eigenvalue weighted by Crippen LogP contribution is 2.36. The van der Waals surface area contributed by atoms with Crippen LogP contribution in [0.25, 0.3) is 0 Å². The number of thioether (sulfide) groups is 1. The largest absolute Gasteiger partial charge is 0.493 e. The summed E-state index contributed by atoms with van der Waals surface area (Å²) >= 11 is 7.46. The number of nitrogens with zero attached hydrogens (tertiary/aromatic N) is 3. The summed E-state index contributed by atoms with van der Waals surface area (Å²) < 4.78 is 19.6. The van der Waals surface area contributed by atoms with Gasteiger partial charge in [-0.1, -0.05) is 41.6 Å². The predicted octanol–water partition coefficient (Wildman–Crippen LogP) is 4.80. The second-order valence-electron chi connectivity index (χ2n) is 6.26. The minimum atomic E-state index is -0.322. The lowest BCUT2D eigenvalue weighted by Gasteiger charge is -2.26. The molecular formula is C21H20ClN3O3S. The lowest BCUT2D eigenvalue weighted by atomic mass is 10.2. The van der Waals surface area contributed by atoms with Crippen LogP contribution in [-0.2, 0) is 6.54 Å². The van der Waals surface area contributed by atoms with Crippen molar-refractivity contribution in [3.8, 4) is 17.2 Å². The second-order valence-corrected chi connectivity index (χ2v) is 7.75. The number of para-hydroxylation sites is 2. The molecule has 1 atom stereocenters. The highest BCUT2D eigenvalue weighted by atomic mass is 35.5.